The predicted octanol–water partition coefficient (Wildman–Crippen LogP) is 0.940. The Morgan fingerprint density at radius 1 is 1.14 bits per heavy atom. The van der Waals surface area contributed by atoms with Crippen molar-refractivity contribution in [2.24, 2.45) is 5.14 Å². The number of primary sulfonamides is 1. The molecule has 0 aliphatic carbocycles. The molecular formula is C15H23N3O3S. The van der Waals surface area contributed by atoms with E-state index in [1.54, 1.807) is 0 Å². The summed E-state index contributed by atoms with van der Waals surface area (Å²) >= 11 is 0. The minimum Gasteiger partial charge on any atom is -0.352 e. The first kappa shape index (κ1) is 16.9. The lowest BCUT2D eigenvalue weighted by Crippen LogP contribution is -2.33. The molecule has 1 aromatic carbocycles. The lowest BCUT2D eigenvalue weighted by atomic mass is 10.1. The van der Waals surface area contributed by atoms with Crippen molar-refractivity contribution in [3.05, 3.63) is 29.8 Å². The number of piperidine rings is 1. The van der Waals surface area contributed by atoms with Gasteiger partial charge in [-0.05, 0) is 63.2 Å². The summed E-state index contributed by atoms with van der Waals surface area (Å²) in [6.07, 6.45) is 4.77. The summed E-state index contributed by atoms with van der Waals surface area (Å²) in [4.78, 5) is 14.4. The van der Waals surface area contributed by atoms with Crippen LogP contribution in [0.4, 0.5) is 0 Å². The fraction of sp³-hybridized carbons (Fsp3) is 0.533. The third kappa shape index (κ3) is 5.08. The first-order valence-electron chi connectivity index (χ1n) is 7.60. The Labute approximate surface area is 131 Å². The van der Waals surface area contributed by atoms with Crippen LogP contribution >= 0.6 is 0 Å². The summed E-state index contributed by atoms with van der Waals surface area (Å²) in [5.41, 5.74) is 0.436. The average molecular weight is 325 g/mol. The highest BCUT2D eigenvalue weighted by atomic mass is 32.2. The van der Waals surface area contributed by atoms with Gasteiger partial charge in [-0.3, -0.25) is 4.79 Å². The molecule has 6 nitrogen and oxygen atoms in total. The number of hydrogen-bond acceptors (Lipinski definition) is 4. The number of rotatable bonds is 6. The van der Waals surface area contributed by atoms with Crippen LogP contribution in [0.25, 0.3) is 0 Å². The van der Waals surface area contributed by atoms with Gasteiger partial charge >= 0.3 is 0 Å². The molecule has 1 amide bonds. The fourth-order valence-corrected chi connectivity index (χ4v) is 3.10. The number of amides is 1. The van der Waals surface area contributed by atoms with Gasteiger partial charge in [0.2, 0.25) is 10.0 Å². The number of sulfonamides is 1. The second-order valence-corrected chi connectivity index (χ2v) is 7.14. The Kier molecular flexibility index (Phi) is 5.93. The largest absolute Gasteiger partial charge is 0.352 e. The zero-order valence-corrected chi connectivity index (χ0v) is 13.4. The molecule has 1 fully saturated rings. The Morgan fingerprint density at radius 3 is 2.36 bits per heavy atom. The molecule has 1 aliphatic heterocycles. The topological polar surface area (TPSA) is 92.5 Å². The molecule has 122 valence electrons. The molecule has 0 radical (unpaired) electrons. The van der Waals surface area contributed by atoms with Gasteiger partial charge in [-0.25, -0.2) is 13.6 Å². The quantitative estimate of drug-likeness (QED) is 0.761. The number of carbonyl (C=O) groups is 1. The normalized spacial score (nSPS) is 16.4. The number of nitrogens with zero attached hydrogens (tertiary/aromatic N) is 1. The highest BCUT2D eigenvalue weighted by Crippen LogP contribution is 2.09. The van der Waals surface area contributed by atoms with Crippen molar-refractivity contribution in [1.29, 1.82) is 0 Å². The molecule has 22 heavy (non-hydrogen) atoms. The second kappa shape index (κ2) is 7.71. The highest BCUT2D eigenvalue weighted by Gasteiger charge is 2.11. The number of likely N-dealkylation sites (tertiary alicyclic amines) is 1. The summed E-state index contributed by atoms with van der Waals surface area (Å²) in [5, 5.41) is 7.87. The molecule has 0 atom stereocenters. The molecule has 1 saturated heterocycles. The summed E-state index contributed by atoms with van der Waals surface area (Å²) in [6.45, 7) is 3.93. The second-order valence-electron chi connectivity index (χ2n) is 5.58. The van der Waals surface area contributed by atoms with E-state index < -0.39 is 10.0 Å². The summed E-state index contributed by atoms with van der Waals surface area (Å²) < 4.78 is 22.3. The van der Waals surface area contributed by atoms with Crippen molar-refractivity contribution < 1.29 is 13.2 Å². The molecule has 0 unspecified atom stereocenters. The zero-order chi connectivity index (χ0) is 16.0. The molecule has 0 aromatic heterocycles. The van der Waals surface area contributed by atoms with Gasteiger partial charge in [-0.15, -0.1) is 0 Å². The maximum absolute atomic E-state index is 12.0. The molecule has 7 heteroatoms. The minimum atomic E-state index is -3.72. The zero-order valence-electron chi connectivity index (χ0n) is 12.6. The third-order valence-corrected chi connectivity index (χ3v) is 4.76. The van der Waals surface area contributed by atoms with Crippen LogP contribution in [0.1, 0.15) is 36.0 Å². The molecule has 1 heterocycles. The van der Waals surface area contributed by atoms with E-state index in [9.17, 15) is 13.2 Å². The predicted molar refractivity (Wildman–Crippen MR) is 85.1 cm³/mol. The van der Waals surface area contributed by atoms with Crippen molar-refractivity contribution >= 4 is 15.9 Å². The SMILES string of the molecule is NS(=O)(=O)c1ccc(C(=O)NCCCN2CCCCC2)cc1. The first-order chi connectivity index (χ1) is 10.5. The smallest absolute Gasteiger partial charge is 0.251 e. The van der Waals surface area contributed by atoms with Crippen LogP contribution in [0.15, 0.2) is 29.2 Å². The van der Waals surface area contributed by atoms with Gasteiger partial charge in [0.25, 0.3) is 5.91 Å². The Balaban J connectivity index is 1.75. The van der Waals surface area contributed by atoms with E-state index >= 15 is 0 Å². The van der Waals surface area contributed by atoms with Gasteiger partial charge in [0.05, 0.1) is 4.90 Å². The number of benzene rings is 1. The van der Waals surface area contributed by atoms with Crippen LogP contribution in [0.5, 0.6) is 0 Å². The maximum atomic E-state index is 12.0. The van der Waals surface area contributed by atoms with Crippen LogP contribution in [0, 0.1) is 0 Å². The van der Waals surface area contributed by atoms with Gasteiger partial charge in [0, 0.05) is 12.1 Å². The molecule has 0 bridgehead atoms. The molecule has 1 aromatic rings. The third-order valence-electron chi connectivity index (χ3n) is 3.83. The molecule has 2 rings (SSSR count). The maximum Gasteiger partial charge on any atom is 0.251 e. The van der Waals surface area contributed by atoms with Gasteiger partial charge < -0.3 is 10.2 Å². The standard InChI is InChI=1S/C15H23N3O3S/c16-22(20,21)14-7-5-13(6-8-14)15(19)17-9-4-12-18-10-2-1-3-11-18/h5-8H,1-4,9-12H2,(H,17,19)(H2,16,20,21). The number of carbonyl (C=O) groups excluding carboxylic acids is 1. The van der Waals surface area contributed by atoms with E-state index in [0.717, 1.165) is 26.1 Å². The monoisotopic (exact) mass is 325 g/mol. The van der Waals surface area contributed by atoms with Crippen molar-refractivity contribution in [2.75, 3.05) is 26.2 Å². The number of nitrogens with one attached hydrogen (secondary N) is 1. The van der Waals surface area contributed by atoms with Crippen LogP contribution in [-0.2, 0) is 10.0 Å². The summed E-state index contributed by atoms with van der Waals surface area (Å²) in [7, 11) is -3.72. The van der Waals surface area contributed by atoms with Crippen molar-refractivity contribution in [2.45, 2.75) is 30.6 Å². The average Bonchev–Trinajstić information content (AvgIpc) is 2.52. The highest BCUT2D eigenvalue weighted by molar-refractivity contribution is 7.89. The first-order valence-corrected chi connectivity index (χ1v) is 9.15. The van der Waals surface area contributed by atoms with E-state index in [1.165, 1.54) is 43.5 Å². The Bertz CT molecular complexity index is 593. The van der Waals surface area contributed by atoms with Crippen molar-refractivity contribution in [1.82, 2.24) is 10.2 Å². The van der Waals surface area contributed by atoms with Gasteiger partial charge in [0.1, 0.15) is 0 Å². The molecule has 1 aliphatic rings. The van der Waals surface area contributed by atoms with Crippen molar-refractivity contribution in [3.8, 4) is 0 Å². The molecular weight excluding hydrogens is 302 g/mol. The molecule has 3 N–H and O–H groups in total. The molecule has 0 spiro atoms. The van der Waals surface area contributed by atoms with E-state index in [0.29, 0.717) is 12.1 Å². The fourth-order valence-electron chi connectivity index (χ4n) is 2.59. The minimum absolute atomic E-state index is 0.00847. The number of hydrogen-bond donors (Lipinski definition) is 2. The molecule has 0 saturated carbocycles. The van der Waals surface area contributed by atoms with E-state index in [4.69, 9.17) is 5.14 Å². The van der Waals surface area contributed by atoms with E-state index in [2.05, 4.69) is 10.2 Å². The van der Waals surface area contributed by atoms with Gasteiger partial charge in [-0.1, -0.05) is 6.42 Å². The van der Waals surface area contributed by atoms with E-state index in [-0.39, 0.29) is 10.8 Å². The number of nitrogens with two attached hydrogens (primary N) is 1. The summed E-state index contributed by atoms with van der Waals surface area (Å²) in [6, 6.07) is 5.63. The van der Waals surface area contributed by atoms with Gasteiger partial charge in [-0.2, -0.15) is 0 Å². The summed E-state index contributed by atoms with van der Waals surface area (Å²) in [5.74, 6) is -0.195. The van der Waals surface area contributed by atoms with Crippen LogP contribution in [-0.4, -0.2) is 45.4 Å². The lowest BCUT2D eigenvalue weighted by molar-refractivity contribution is 0.0951. The van der Waals surface area contributed by atoms with Crippen LogP contribution < -0.4 is 10.5 Å². The van der Waals surface area contributed by atoms with Crippen molar-refractivity contribution in [3.63, 3.8) is 0 Å². The Morgan fingerprint density at radius 2 is 1.77 bits per heavy atom. The van der Waals surface area contributed by atoms with Crippen LogP contribution in [0.3, 0.4) is 0 Å². The van der Waals surface area contributed by atoms with Crippen LogP contribution in [0.2, 0.25) is 0 Å². The van der Waals surface area contributed by atoms with E-state index in [1.807, 2.05) is 0 Å². The van der Waals surface area contributed by atoms with Gasteiger partial charge in [0.15, 0.2) is 0 Å². The Hall–Kier alpha value is -1.44. The lowest BCUT2D eigenvalue weighted by Gasteiger charge is -2.26.